The molecule has 52 valence electrons. The molecule has 1 aliphatic rings. The average Bonchev–Trinajstić information content (AvgIpc) is 1.79. The molecule has 0 heterocycles. The van der Waals surface area contributed by atoms with Gasteiger partial charge in [-0.15, -0.1) is 0 Å². The molecular formula is C8H14S. The maximum Gasteiger partial charge on any atom is 0.0175 e. The minimum atomic E-state index is 0.258. The van der Waals surface area contributed by atoms with E-state index in [4.69, 9.17) is 0 Å². The molecule has 0 aliphatic heterocycles. The van der Waals surface area contributed by atoms with Crippen molar-refractivity contribution in [2.75, 3.05) is 0 Å². The van der Waals surface area contributed by atoms with Gasteiger partial charge >= 0.3 is 0 Å². The van der Waals surface area contributed by atoms with E-state index in [2.05, 4.69) is 33.4 Å². The Morgan fingerprint density at radius 3 is 1.67 bits per heavy atom. The molecule has 0 amide bonds. The number of hydrogen-bond acceptors (Lipinski definition) is 1. The monoisotopic (exact) mass is 142 g/mol. The van der Waals surface area contributed by atoms with Crippen LogP contribution in [0.15, 0.2) is 11.1 Å². The first-order chi connectivity index (χ1) is 4.01. The summed E-state index contributed by atoms with van der Waals surface area (Å²) >= 11 is 4.53. The second-order valence-electron chi connectivity index (χ2n) is 3.41. The van der Waals surface area contributed by atoms with Crippen LogP contribution in [-0.4, -0.2) is 4.75 Å². The average molecular weight is 142 g/mol. The Balaban J connectivity index is 2.70. The van der Waals surface area contributed by atoms with E-state index < -0.39 is 0 Å². The largest absolute Gasteiger partial charge is 0.172 e. The van der Waals surface area contributed by atoms with Gasteiger partial charge in [-0.05, 0) is 26.7 Å². The van der Waals surface area contributed by atoms with E-state index in [1.165, 1.54) is 24.0 Å². The van der Waals surface area contributed by atoms with Gasteiger partial charge in [-0.1, -0.05) is 18.1 Å². The lowest BCUT2D eigenvalue weighted by Gasteiger charge is -2.14. The molecule has 9 heavy (non-hydrogen) atoms. The molecule has 0 aromatic carbocycles. The molecule has 0 fully saturated rings. The summed E-state index contributed by atoms with van der Waals surface area (Å²) in [5, 5.41) is 0. The van der Waals surface area contributed by atoms with Gasteiger partial charge in [0.2, 0.25) is 0 Å². The molecule has 0 bridgehead atoms. The zero-order valence-electron chi connectivity index (χ0n) is 6.36. The fourth-order valence-corrected chi connectivity index (χ4v) is 1.98. The van der Waals surface area contributed by atoms with Crippen LogP contribution in [0.4, 0.5) is 0 Å². The quantitative estimate of drug-likeness (QED) is 0.390. The van der Waals surface area contributed by atoms with Gasteiger partial charge in [-0.3, -0.25) is 0 Å². The molecule has 0 N–H and O–H groups in total. The summed E-state index contributed by atoms with van der Waals surface area (Å²) in [4.78, 5) is 0. The van der Waals surface area contributed by atoms with Gasteiger partial charge in [-0.2, -0.15) is 12.6 Å². The van der Waals surface area contributed by atoms with Crippen molar-refractivity contribution in [2.45, 2.75) is 38.4 Å². The van der Waals surface area contributed by atoms with Crippen LogP contribution in [0.1, 0.15) is 33.6 Å². The van der Waals surface area contributed by atoms with Crippen molar-refractivity contribution in [1.29, 1.82) is 0 Å². The van der Waals surface area contributed by atoms with Crippen molar-refractivity contribution in [1.82, 2.24) is 0 Å². The smallest absolute Gasteiger partial charge is 0.0175 e. The first-order valence-electron chi connectivity index (χ1n) is 3.39. The Labute approximate surface area is 62.8 Å². The van der Waals surface area contributed by atoms with Crippen molar-refractivity contribution < 1.29 is 0 Å². The molecule has 0 radical (unpaired) electrons. The van der Waals surface area contributed by atoms with E-state index in [1.54, 1.807) is 0 Å². The van der Waals surface area contributed by atoms with Crippen LogP contribution in [0.25, 0.3) is 0 Å². The van der Waals surface area contributed by atoms with Crippen LogP contribution in [0.5, 0.6) is 0 Å². The molecule has 0 saturated heterocycles. The number of hydrogen-bond donors (Lipinski definition) is 1. The Bertz CT molecular complexity index is 138. The van der Waals surface area contributed by atoms with Crippen LogP contribution in [0.3, 0.4) is 0 Å². The molecule has 0 unspecified atom stereocenters. The van der Waals surface area contributed by atoms with Crippen LogP contribution < -0.4 is 0 Å². The van der Waals surface area contributed by atoms with E-state index >= 15 is 0 Å². The summed E-state index contributed by atoms with van der Waals surface area (Å²) < 4.78 is 0.258. The number of thiol groups is 1. The molecule has 1 heteroatoms. The zero-order chi connectivity index (χ0) is 7.07. The predicted octanol–water partition coefficient (Wildman–Crippen LogP) is 2.81. The summed E-state index contributed by atoms with van der Waals surface area (Å²) in [7, 11) is 0. The highest BCUT2D eigenvalue weighted by atomic mass is 32.1. The molecule has 0 aromatic heterocycles. The molecule has 1 aliphatic carbocycles. The Hall–Kier alpha value is 0.0900. The van der Waals surface area contributed by atoms with Gasteiger partial charge in [0.1, 0.15) is 0 Å². The van der Waals surface area contributed by atoms with Crippen LogP contribution >= 0.6 is 12.6 Å². The van der Waals surface area contributed by atoms with Crippen molar-refractivity contribution >= 4 is 12.6 Å². The van der Waals surface area contributed by atoms with Crippen LogP contribution in [0, 0.1) is 0 Å². The highest BCUT2D eigenvalue weighted by molar-refractivity contribution is 7.81. The summed E-state index contributed by atoms with van der Waals surface area (Å²) in [5.74, 6) is 0. The van der Waals surface area contributed by atoms with E-state index in [-0.39, 0.29) is 4.75 Å². The van der Waals surface area contributed by atoms with Gasteiger partial charge in [0.25, 0.3) is 0 Å². The minimum Gasteiger partial charge on any atom is -0.172 e. The topological polar surface area (TPSA) is 0 Å². The van der Waals surface area contributed by atoms with Crippen LogP contribution in [-0.2, 0) is 0 Å². The highest BCUT2D eigenvalue weighted by Gasteiger charge is 2.26. The standard InChI is InChI=1S/C8H14S/c1-6-4-8(3,9)5-7(6)2/h9H,4-5H2,1-3H3. The van der Waals surface area contributed by atoms with Crippen molar-refractivity contribution in [3.05, 3.63) is 11.1 Å². The number of allylic oxidation sites excluding steroid dienone is 2. The third-order valence-electron chi connectivity index (χ3n) is 2.02. The lowest BCUT2D eigenvalue weighted by molar-refractivity contribution is 0.687. The van der Waals surface area contributed by atoms with Crippen molar-refractivity contribution in [3.63, 3.8) is 0 Å². The molecule has 0 saturated carbocycles. The van der Waals surface area contributed by atoms with Crippen molar-refractivity contribution in [2.24, 2.45) is 0 Å². The fraction of sp³-hybridized carbons (Fsp3) is 0.750. The minimum absolute atomic E-state index is 0.258. The van der Waals surface area contributed by atoms with Gasteiger partial charge in [0.15, 0.2) is 0 Å². The van der Waals surface area contributed by atoms with Crippen molar-refractivity contribution in [3.8, 4) is 0 Å². The lowest BCUT2D eigenvalue weighted by atomic mass is 10.1. The predicted molar refractivity (Wildman–Crippen MR) is 45.0 cm³/mol. The fourth-order valence-electron chi connectivity index (χ4n) is 1.51. The van der Waals surface area contributed by atoms with E-state index in [0.717, 1.165) is 0 Å². The normalized spacial score (nSPS) is 25.3. The molecule has 0 atom stereocenters. The van der Waals surface area contributed by atoms with E-state index in [1.807, 2.05) is 0 Å². The van der Waals surface area contributed by atoms with Gasteiger partial charge in [-0.25, -0.2) is 0 Å². The second kappa shape index (κ2) is 2.05. The third-order valence-corrected chi connectivity index (χ3v) is 2.34. The van der Waals surface area contributed by atoms with Gasteiger partial charge in [0, 0.05) is 4.75 Å². The van der Waals surface area contributed by atoms with Crippen LogP contribution in [0.2, 0.25) is 0 Å². The molecule has 0 nitrogen and oxygen atoms in total. The maximum absolute atomic E-state index is 4.53. The second-order valence-corrected chi connectivity index (χ2v) is 4.49. The lowest BCUT2D eigenvalue weighted by Crippen LogP contribution is -2.10. The Morgan fingerprint density at radius 1 is 1.22 bits per heavy atom. The molecular weight excluding hydrogens is 128 g/mol. The first-order valence-corrected chi connectivity index (χ1v) is 3.84. The highest BCUT2D eigenvalue weighted by Crippen LogP contribution is 2.38. The maximum atomic E-state index is 4.53. The van der Waals surface area contributed by atoms with Gasteiger partial charge < -0.3 is 0 Å². The van der Waals surface area contributed by atoms with E-state index in [9.17, 15) is 0 Å². The summed E-state index contributed by atoms with van der Waals surface area (Å²) in [5.41, 5.74) is 3.07. The van der Waals surface area contributed by atoms with Gasteiger partial charge in [0.05, 0.1) is 0 Å². The molecule has 0 aromatic rings. The Morgan fingerprint density at radius 2 is 1.56 bits per heavy atom. The zero-order valence-corrected chi connectivity index (χ0v) is 7.26. The Kier molecular flexibility index (Phi) is 1.64. The summed E-state index contributed by atoms with van der Waals surface area (Å²) in [6.45, 7) is 6.61. The molecule has 1 rings (SSSR count). The SMILES string of the molecule is CC1=C(C)CC(C)(S)C1. The number of rotatable bonds is 0. The first kappa shape index (κ1) is 7.20. The van der Waals surface area contributed by atoms with E-state index in [0.29, 0.717) is 0 Å². The summed E-state index contributed by atoms with van der Waals surface area (Å²) in [6.07, 6.45) is 2.34. The molecule has 0 spiro atoms. The third kappa shape index (κ3) is 1.51. The summed E-state index contributed by atoms with van der Waals surface area (Å²) in [6, 6.07) is 0.